The summed E-state index contributed by atoms with van der Waals surface area (Å²) < 4.78 is 5.75. The van der Waals surface area contributed by atoms with Gasteiger partial charge < -0.3 is 15.4 Å². The molecule has 1 fully saturated rings. The zero-order chi connectivity index (χ0) is 17.6. The zero-order valence-corrected chi connectivity index (χ0v) is 17.2. The molecule has 3 rings (SSSR count). The van der Waals surface area contributed by atoms with Crippen LogP contribution in [0.1, 0.15) is 35.0 Å². The van der Waals surface area contributed by atoms with Crippen molar-refractivity contribution < 1.29 is 9.53 Å². The van der Waals surface area contributed by atoms with E-state index in [4.69, 9.17) is 4.74 Å². The number of aromatic nitrogens is 1. The summed E-state index contributed by atoms with van der Waals surface area (Å²) in [7, 11) is 0. The molecule has 2 N–H and O–H groups in total. The molecule has 0 saturated carbocycles. The van der Waals surface area contributed by atoms with Crippen LogP contribution in [0.5, 0.6) is 5.75 Å². The number of nitrogens with zero attached hydrogens (tertiary/aromatic N) is 1. The Kier molecular flexibility index (Phi) is 9.56. The number of aryl methyl sites for hydroxylation is 1. The lowest BCUT2D eigenvalue weighted by molar-refractivity contribution is 0.0914. The molecule has 0 spiro atoms. The van der Waals surface area contributed by atoms with Gasteiger partial charge in [-0.3, -0.25) is 9.78 Å². The van der Waals surface area contributed by atoms with E-state index in [1.807, 2.05) is 43.3 Å². The number of hydrogen-bond acceptors (Lipinski definition) is 4. The van der Waals surface area contributed by atoms with Crippen LogP contribution >= 0.6 is 24.8 Å². The molecule has 0 aliphatic carbocycles. The molecule has 148 valence electrons. The quantitative estimate of drug-likeness (QED) is 0.789. The maximum absolute atomic E-state index is 12.5. The Bertz CT molecular complexity index is 725. The Hall–Kier alpha value is -1.82. The highest BCUT2D eigenvalue weighted by molar-refractivity contribution is 5.94. The maximum Gasteiger partial charge on any atom is 0.251 e. The summed E-state index contributed by atoms with van der Waals surface area (Å²) in [6.45, 7) is 6.42. The van der Waals surface area contributed by atoms with E-state index in [2.05, 4.69) is 22.5 Å². The molecule has 1 aromatic heterocycles. The molecule has 1 aromatic carbocycles. The third-order valence-corrected chi connectivity index (χ3v) is 4.58. The van der Waals surface area contributed by atoms with Gasteiger partial charge in [-0.2, -0.15) is 0 Å². The number of pyridine rings is 1. The van der Waals surface area contributed by atoms with Crippen LogP contribution in [-0.2, 0) is 6.61 Å². The van der Waals surface area contributed by atoms with Crippen molar-refractivity contribution in [2.45, 2.75) is 32.9 Å². The molecular weight excluding hydrogens is 385 g/mol. The van der Waals surface area contributed by atoms with E-state index >= 15 is 0 Å². The van der Waals surface area contributed by atoms with Gasteiger partial charge >= 0.3 is 0 Å². The van der Waals surface area contributed by atoms with Gasteiger partial charge in [-0.15, -0.1) is 24.8 Å². The molecule has 2 aromatic rings. The Balaban J connectivity index is 0.00000182. The van der Waals surface area contributed by atoms with Crippen LogP contribution in [0.15, 0.2) is 42.6 Å². The lowest BCUT2D eigenvalue weighted by Crippen LogP contribution is -2.48. The number of piperidine rings is 1. The number of hydrogen-bond donors (Lipinski definition) is 2. The van der Waals surface area contributed by atoms with Crippen molar-refractivity contribution in [3.63, 3.8) is 0 Å². The van der Waals surface area contributed by atoms with Crippen LogP contribution in [0, 0.1) is 12.8 Å². The van der Waals surface area contributed by atoms with Crippen LogP contribution in [-0.4, -0.2) is 30.0 Å². The molecule has 2 heterocycles. The second-order valence-corrected chi connectivity index (χ2v) is 6.67. The smallest absolute Gasteiger partial charge is 0.251 e. The number of amides is 1. The average molecular weight is 412 g/mol. The molecule has 1 amide bonds. The van der Waals surface area contributed by atoms with Crippen LogP contribution < -0.4 is 15.4 Å². The molecule has 2 unspecified atom stereocenters. The minimum Gasteiger partial charge on any atom is -0.487 e. The first-order valence-electron chi connectivity index (χ1n) is 8.78. The highest BCUT2D eigenvalue weighted by Gasteiger charge is 2.23. The van der Waals surface area contributed by atoms with E-state index in [9.17, 15) is 4.79 Å². The van der Waals surface area contributed by atoms with Crippen molar-refractivity contribution >= 4 is 30.7 Å². The number of rotatable bonds is 5. The number of carbonyl (C=O) groups excluding carboxylic acids is 1. The topological polar surface area (TPSA) is 63.2 Å². The van der Waals surface area contributed by atoms with Crippen molar-refractivity contribution in [1.29, 1.82) is 0 Å². The number of nitrogens with one attached hydrogen (secondary N) is 2. The predicted octanol–water partition coefficient (Wildman–Crippen LogP) is 3.54. The van der Waals surface area contributed by atoms with Crippen molar-refractivity contribution in [2.24, 2.45) is 5.92 Å². The van der Waals surface area contributed by atoms with Crippen molar-refractivity contribution in [1.82, 2.24) is 15.6 Å². The highest BCUT2D eigenvalue weighted by atomic mass is 35.5. The Morgan fingerprint density at radius 2 is 2.11 bits per heavy atom. The van der Waals surface area contributed by atoms with Gasteiger partial charge in [0.2, 0.25) is 0 Å². The molecule has 0 radical (unpaired) electrons. The summed E-state index contributed by atoms with van der Waals surface area (Å²) in [6.07, 6.45) is 2.68. The number of carbonyl (C=O) groups is 1. The molecule has 5 nitrogen and oxygen atoms in total. The van der Waals surface area contributed by atoms with Crippen LogP contribution in [0.4, 0.5) is 0 Å². The third kappa shape index (κ3) is 6.69. The molecule has 1 aliphatic heterocycles. The highest BCUT2D eigenvalue weighted by Crippen LogP contribution is 2.14. The number of benzene rings is 1. The van der Waals surface area contributed by atoms with E-state index in [-0.39, 0.29) is 36.8 Å². The summed E-state index contributed by atoms with van der Waals surface area (Å²) in [4.78, 5) is 16.8. The molecule has 2 atom stereocenters. The van der Waals surface area contributed by atoms with Crippen LogP contribution in [0.3, 0.4) is 0 Å². The van der Waals surface area contributed by atoms with E-state index in [0.717, 1.165) is 36.5 Å². The fourth-order valence-corrected chi connectivity index (χ4v) is 2.99. The molecule has 27 heavy (non-hydrogen) atoms. The third-order valence-electron chi connectivity index (χ3n) is 4.58. The summed E-state index contributed by atoms with van der Waals surface area (Å²) in [5.74, 6) is 1.15. The first-order chi connectivity index (χ1) is 12.1. The minimum atomic E-state index is -0.0161. The van der Waals surface area contributed by atoms with Gasteiger partial charge in [0.15, 0.2) is 0 Å². The summed E-state index contributed by atoms with van der Waals surface area (Å²) >= 11 is 0. The fraction of sp³-hybridized carbons (Fsp3) is 0.400. The zero-order valence-electron chi connectivity index (χ0n) is 15.6. The Morgan fingerprint density at radius 3 is 2.81 bits per heavy atom. The van der Waals surface area contributed by atoms with Crippen LogP contribution in [0.2, 0.25) is 0 Å². The Morgan fingerprint density at radius 1 is 1.30 bits per heavy atom. The van der Waals surface area contributed by atoms with Crippen molar-refractivity contribution in [3.8, 4) is 5.75 Å². The molecule has 0 bridgehead atoms. The van der Waals surface area contributed by atoms with Gasteiger partial charge in [-0.05, 0) is 62.2 Å². The number of halogens is 2. The first kappa shape index (κ1) is 23.2. The van der Waals surface area contributed by atoms with Crippen molar-refractivity contribution in [3.05, 3.63) is 59.4 Å². The van der Waals surface area contributed by atoms with Gasteiger partial charge in [0.1, 0.15) is 12.4 Å². The van der Waals surface area contributed by atoms with E-state index < -0.39 is 0 Å². The molecule has 1 saturated heterocycles. The lowest BCUT2D eigenvalue weighted by atomic mass is 9.95. The predicted molar refractivity (Wildman–Crippen MR) is 112 cm³/mol. The maximum atomic E-state index is 12.5. The molecule has 1 aliphatic rings. The van der Waals surface area contributed by atoms with E-state index in [0.29, 0.717) is 18.1 Å². The van der Waals surface area contributed by atoms with Gasteiger partial charge in [-0.1, -0.05) is 19.1 Å². The van der Waals surface area contributed by atoms with Gasteiger partial charge in [0.05, 0.1) is 6.20 Å². The summed E-state index contributed by atoms with van der Waals surface area (Å²) in [5.41, 5.74) is 2.60. The molecule has 7 heteroatoms. The lowest BCUT2D eigenvalue weighted by Gasteiger charge is -2.30. The van der Waals surface area contributed by atoms with Gasteiger partial charge in [0.25, 0.3) is 5.91 Å². The average Bonchev–Trinajstić information content (AvgIpc) is 2.63. The van der Waals surface area contributed by atoms with E-state index in [1.165, 1.54) is 0 Å². The molecular formula is C20H27Cl2N3O2. The Labute approximate surface area is 173 Å². The number of ether oxygens (including phenoxy) is 1. The first-order valence-corrected chi connectivity index (χ1v) is 8.78. The van der Waals surface area contributed by atoms with Crippen molar-refractivity contribution in [2.75, 3.05) is 13.1 Å². The van der Waals surface area contributed by atoms with Crippen LogP contribution in [0.25, 0.3) is 0 Å². The SMILES string of the molecule is Cc1ccc(OCc2cccc(C(=O)NC3CCNCC3C)c2)cn1.Cl.Cl. The van der Waals surface area contributed by atoms with E-state index in [1.54, 1.807) is 6.20 Å². The largest absolute Gasteiger partial charge is 0.487 e. The van der Waals surface area contributed by atoms with Gasteiger partial charge in [0, 0.05) is 17.3 Å². The second kappa shape index (κ2) is 11.1. The minimum absolute atomic E-state index is 0. The monoisotopic (exact) mass is 411 g/mol. The fourth-order valence-electron chi connectivity index (χ4n) is 2.99. The summed E-state index contributed by atoms with van der Waals surface area (Å²) in [5, 5.41) is 6.51. The van der Waals surface area contributed by atoms with Gasteiger partial charge in [-0.25, -0.2) is 0 Å². The standard InChI is InChI=1S/C20H25N3O2.2ClH/c1-14-11-21-9-8-19(14)23-20(24)17-5-3-4-16(10-17)13-25-18-7-6-15(2)22-12-18;;/h3-7,10,12,14,19,21H,8-9,11,13H2,1-2H3,(H,23,24);2*1H. The second-order valence-electron chi connectivity index (χ2n) is 6.67. The summed E-state index contributed by atoms with van der Waals surface area (Å²) in [6, 6.07) is 11.6. The normalized spacial score (nSPS) is 18.6.